The third-order valence-electron chi connectivity index (χ3n) is 7.00. The molecule has 3 amide bonds. The summed E-state index contributed by atoms with van der Waals surface area (Å²) in [5.41, 5.74) is 3.57. The molecule has 4 atom stereocenters. The molecule has 9 heteroatoms. The minimum atomic E-state index is -0.575. The van der Waals surface area contributed by atoms with Gasteiger partial charge in [-0.1, -0.05) is 30.7 Å². The van der Waals surface area contributed by atoms with Gasteiger partial charge < -0.3 is 9.80 Å². The molecule has 4 unspecified atom stereocenters. The molecule has 2 aromatic rings. The number of rotatable bonds is 3. The molecule has 0 aromatic heterocycles. The average Bonchev–Trinajstić information content (AvgIpc) is 3.15. The molecule has 7 nitrogen and oxygen atoms in total. The van der Waals surface area contributed by atoms with Gasteiger partial charge in [-0.05, 0) is 55.2 Å². The minimum Gasteiger partial charge on any atom is -0.343 e. The predicted molar refractivity (Wildman–Crippen MR) is 129 cm³/mol. The third-order valence-corrected chi connectivity index (χ3v) is 7.36. The molecule has 3 aliphatic heterocycles. The Morgan fingerprint density at radius 2 is 1.82 bits per heavy atom. The Bertz CT molecular complexity index is 1120. The van der Waals surface area contributed by atoms with E-state index in [0.29, 0.717) is 12.5 Å². The molecule has 2 aromatic carbocycles. The fraction of sp³-hybridized carbons (Fsp3) is 0.440. The second-order valence-electron chi connectivity index (χ2n) is 9.75. The number of hydrogen-bond acceptors (Lipinski definition) is 5. The van der Waals surface area contributed by atoms with E-state index in [1.165, 1.54) is 23.3 Å². The van der Waals surface area contributed by atoms with Gasteiger partial charge >= 0.3 is 6.03 Å². The molecule has 0 spiro atoms. The van der Waals surface area contributed by atoms with E-state index in [0.717, 1.165) is 17.1 Å². The van der Waals surface area contributed by atoms with Crippen LogP contribution >= 0.6 is 11.6 Å². The van der Waals surface area contributed by atoms with Crippen LogP contribution in [0, 0.1) is 25.6 Å². The molecule has 3 fully saturated rings. The van der Waals surface area contributed by atoms with Crippen LogP contribution in [0.3, 0.4) is 0 Å². The first-order valence-electron chi connectivity index (χ1n) is 11.5. The monoisotopic (exact) mass is 485 g/mol. The number of likely N-dealkylation sites (N-methyl/N-ethyl adjacent to an activating group) is 1. The number of hydrogen-bond donors (Lipinski definition) is 1. The van der Waals surface area contributed by atoms with E-state index in [1.807, 2.05) is 0 Å². The summed E-state index contributed by atoms with van der Waals surface area (Å²) < 4.78 is 14.5. The van der Waals surface area contributed by atoms with Gasteiger partial charge in [0.2, 0.25) is 0 Å². The number of amides is 3. The summed E-state index contributed by atoms with van der Waals surface area (Å²) in [6.07, 6.45) is -0.709. The topological polar surface area (TPSA) is 59.1 Å². The summed E-state index contributed by atoms with van der Waals surface area (Å²) >= 11 is 6.20. The lowest BCUT2D eigenvalue weighted by Gasteiger charge is -2.46. The van der Waals surface area contributed by atoms with Crippen LogP contribution in [0.25, 0.3) is 0 Å². The Balaban J connectivity index is 1.49. The lowest BCUT2D eigenvalue weighted by atomic mass is 10.0. The summed E-state index contributed by atoms with van der Waals surface area (Å²) in [4.78, 5) is 34.0. The quantitative estimate of drug-likeness (QED) is 0.720. The summed E-state index contributed by atoms with van der Waals surface area (Å²) in [6, 6.07) is 9.74. The zero-order valence-corrected chi connectivity index (χ0v) is 20.5. The molecule has 1 N–H and O–H groups in total. The molecule has 0 radical (unpaired) electrons. The van der Waals surface area contributed by atoms with Crippen LogP contribution in [0.15, 0.2) is 36.4 Å². The van der Waals surface area contributed by atoms with Gasteiger partial charge in [0, 0.05) is 36.4 Å². The Labute approximate surface area is 204 Å². The highest BCUT2D eigenvalue weighted by molar-refractivity contribution is 6.31. The van der Waals surface area contributed by atoms with Crippen LogP contribution in [0.5, 0.6) is 0 Å². The van der Waals surface area contributed by atoms with E-state index in [1.54, 1.807) is 18.0 Å². The van der Waals surface area contributed by atoms with Crippen LogP contribution in [0.2, 0.25) is 5.02 Å². The van der Waals surface area contributed by atoms with Crippen LogP contribution < -0.4 is 10.2 Å². The number of nitrogens with one attached hydrogen (secondary N) is 1. The van der Waals surface area contributed by atoms with Gasteiger partial charge in [-0.2, -0.15) is 0 Å². The SMILES string of the molecule is Cc1cc(C)cc(N2CC(C)CN3C4C(=O)N(Cc5c(F)cccc5Cl)C(=O)N(C)C4NC23)c1. The molecule has 5 rings (SSSR count). The molecular weight excluding hydrogens is 457 g/mol. The first kappa shape index (κ1) is 23.1. The van der Waals surface area contributed by atoms with Crippen molar-refractivity contribution < 1.29 is 14.0 Å². The number of carbonyl (C=O) groups excluding carboxylic acids is 2. The van der Waals surface area contributed by atoms with Gasteiger partial charge in [-0.3, -0.25) is 19.9 Å². The minimum absolute atomic E-state index is 0.143. The van der Waals surface area contributed by atoms with Crippen molar-refractivity contribution in [3.05, 3.63) is 63.9 Å². The van der Waals surface area contributed by atoms with E-state index in [9.17, 15) is 14.0 Å². The van der Waals surface area contributed by atoms with Gasteiger partial charge in [-0.25, -0.2) is 9.18 Å². The molecular formula is C25H29ClFN5O2. The first-order valence-corrected chi connectivity index (χ1v) is 11.9. The van der Waals surface area contributed by atoms with Crippen molar-refractivity contribution in [1.82, 2.24) is 20.0 Å². The average molecular weight is 486 g/mol. The van der Waals surface area contributed by atoms with Gasteiger partial charge in [0.1, 0.15) is 24.3 Å². The van der Waals surface area contributed by atoms with E-state index in [2.05, 4.69) is 54.1 Å². The highest BCUT2D eigenvalue weighted by atomic mass is 35.5. The summed E-state index contributed by atoms with van der Waals surface area (Å²) in [7, 11) is 1.68. The van der Waals surface area contributed by atoms with Gasteiger partial charge in [-0.15, -0.1) is 0 Å². The fourth-order valence-corrected chi connectivity index (χ4v) is 5.75. The van der Waals surface area contributed by atoms with Crippen molar-refractivity contribution in [3.8, 4) is 0 Å². The fourth-order valence-electron chi connectivity index (χ4n) is 5.52. The summed E-state index contributed by atoms with van der Waals surface area (Å²) in [5.74, 6) is -0.562. The van der Waals surface area contributed by atoms with Crippen molar-refractivity contribution in [2.45, 2.75) is 45.8 Å². The standard InChI is InChI=1S/C25H29ClFN5O2/c1-14-8-15(2)10-17(9-14)30-11-16(3)12-31-21-22(28-24(30)31)29(4)25(34)32(23(21)33)13-18-19(26)6-5-7-20(18)27/h5-10,16,21-22,24,28H,11-13H2,1-4H3. The number of anilines is 1. The van der Waals surface area contributed by atoms with Crippen molar-refractivity contribution >= 4 is 29.2 Å². The number of nitrogens with zero attached hydrogens (tertiary/aromatic N) is 4. The largest absolute Gasteiger partial charge is 0.343 e. The lowest BCUT2D eigenvalue weighted by molar-refractivity contribution is -0.139. The van der Waals surface area contributed by atoms with E-state index >= 15 is 0 Å². The molecule has 0 aliphatic carbocycles. The Hall–Kier alpha value is -2.68. The van der Waals surface area contributed by atoms with Crippen LogP contribution in [0.1, 0.15) is 23.6 Å². The van der Waals surface area contributed by atoms with Gasteiger partial charge in [0.15, 0.2) is 0 Å². The number of imide groups is 1. The van der Waals surface area contributed by atoms with Crippen LogP contribution in [-0.2, 0) is 11.3 Å². The lowest BCUT2D eigenvalue weighted by Crippen LogP contribution is -2.66. The van der Waals surface area contributed by atoms with Crippen molar-refractivity contribution in [3.63, 3.8) is 0 Å². The maximum absolute atomic E-state index is 14.5. The third kappa shape index (κ3) is 3.74. The molecule has 3 aliphatic rings. The van der Waals surface area contributed by atoms with Gasteiger partial charge in [0.05, 0.1) is 6.54 Å². The number of benzene rings is 2. The van der Waals surface area contributed by atoms with Gasteiger partial charge in [0.25, 0.3) is 5.91 Å². The molecule has 0 bridgehead atoms. The summed E-state index contributed by atoms with van der Waals surface area (Å²) in [5, 5.41) is 3.72. The maximum Gasteiger partial charge on any atom is 0.328 e. The van der Waals surface area contributed by atoms with E-state index in [4.69, 9.17) is 11.6 Å². The summed E-state index contributed by atoms with van der Waals surface area (Å²) in [6.45, 7) is 7.65. The second-order valence-corrected chi connectivity index (χ2v) is 10.2. The highest BCUT2D eigenvalue weighted by Crippen LogP contribution is 2.36. The number of fused-ring (bicyclic) bond motifs is 3. The maximum atomic E-state index is 14.5. The first-order chi connectivity index (χ1) is 16.2. The zero-order chi connectivity index (χ0) is 24.3. The number of urea groups is 1. The second kappa shape index (κ2) is 8.52. The highest BCUT2D eigenvalue weighted by Gasteiger charge is 2.56. The molecule has 0 saturated carbocycles. The van der Waals surface area contributed by atoms with E-state index in [-0.39, 0.29) is 29.3 Å². The Kier molecular flexibility index (Phi) is 5.78. The molecule has 3 saturated heterocycles. The van der Waals surface area contributed by atoms with Crippen molar-refractivity contribution in [2.24, 2.45) is 5.92 Å². The number of aryl methyl sites for hydroxylation is 2. The number of carbonyl (C=O) groups is 2. The van der Waals surface area contributed by atoms with Crippen LogP contribution in [0.4, 0.5) is 14.9 Å². The molecule has 3 heterocycles. The van der Waals surface area contributed by atoms with E-state index < -0.39 is 24.1 Å². The van der Waals surface area contributed by atoms with Crippen molar-refractivity contribution in [1.29, 1.82) is 0 Å². The molecule has 180 valence electrons. The van der Waals surface area contributed by atoms with Crippen molar-refractivity contribution in [2.75, 3.05) is 25.0 Å². The number of halogens is 2. The Morgan fingerprint density at radius 3 is 2.50 bits per heavy atom. The smallest absolute Gasteiger partial charge is 0.328 e. The van der Waals surface area contributed by atoms with Crippen LogP contribution in [-0.4, -0.2) is 65.3 Å². The zero-order valence-electron chi connectivity index (χ0n) is 19.8. The predicted octanol–water partition coefficient (Wildman–Crippen LogP) is 3.53. The normalized spacial score (nSPS) is 27.3. The molecule has 34 heavy (non-hydrogen) atoms. The Morgan fingerprint density at radius 1 is 1.12 bits per heavy atom.